The molecule has 19 heavy (non-hydrogen) atoms. The average molecular weight is 248 g/mol. The molecule has 1 heterocycles. The highest BCUT2D eigenvalue weighted by Gasteiger charge is 2.15. The second-order valence-electron chi connectivity index (χ2n) is 4.30. The van der Waals surface area contributed by atoms with E-state index in [1.807, 2.05) is 36.4 Å². The Kier molecular flexibility index (Phi) is 2.72. The van der Waals surface area contributed by atoms with Gasteiger partial charge in [0.2, 0.25) is 5.78 Å². The van der Waals surface area contributed by atoms with Crippen molar-refractivity contribution >= 4 is 22.2 Å². The predicted molar refractivity (Wildman–Crippen MR) is 76.0 cm³/mol. The summed E-state index contributed by atoms with van der Waals surface area (Å²) in [6, 6.07) is 16.8. The number of pyridine rings is 1. The van der Waals surface area contributed by atoms with Crippen LogP contribution in [0.1, 0.15) is 16.1 Å². The second-order valence-corrected chi connectivity index (χ2v) is 4.30. The number of carbonyl (C=O) groups excluding carboxylic acids is 1. The Balaban J connectivity index is 2.20. The minimum atomic E-state index is -0.144. The molecule has 0 aliphatic carbocycles. The molecule has 0 aliphatic heterocycles. The highest BCUT2D eigenvalue weighted by atomic mass is 16.1. The first kappa shape index (κ1) is 11.4. The lowest BCUT2D eigenvalue weighted by atomic mass is 9.99. The van der Waals surface area contributed by atoms with E-state index >= 15 is 0 Å². The Morgan fingerprint density at radius 1 is 0.947 bits per heavy atom. The van der Waals surface area contributed by atoms with Crippen LogP contribution in [-0.2, 0) is 0 Å². The summed E-state index contributed by atoms with van der Waals surface area (Å²) in [6.07, 6.45) is 1.58. The largest absolute Gasteiger partial charge is 0.397 e. The molecule has 92 valence electrons. The Morgan fingerprint density at radius 2 is 1.74 bits per heavy atom. The van der Waals surface area contributed by atoms with E-state index in [-0.39, 0.29) is 5.78 Å². The summed E-state index contributed by atoms with van der Waals surface area (Å²) < 4.78 is 0. The summed E-state index contributed by atoms with van der Waals surface area (Å²) in [5, 5.41) is 1.95. The molecule has 0 unspecified atom stereocenters. The summed E-state index contributed by atoms with van der Waals surface area (Å²) in [5.74, 6) is -0.144. The number of nitrogens with zero attached hydrogens (tertiary/aromatic N) is 1. The molecule has 0 fully saturated rings. The molecule has 3 nitrogen and oxygen atoms in total. The normalized spacial score (nSPS) is 10.5. The van der Waals surface area contributed by atoms with Crippen LogP contribution in [0.25, 0.3) is 10.8 Å². The molecular formula is C16H12N2O. The Labute approximate surface area is 110 Å². The van der Waals surface area contributed by atoms with Crippen LogP contribution in [-0.4, -0.2) is 10.8 Å². The number of ketones is 1. The molecular weight excluding hydrogens is 236 g/mol. The molecule has 3 aromatic rings. The maximum Gasteiger partial charge on any atom is 0.214 e. The zero-order chi connectivity index (χ0) is 13.2. The van der Waals surface area contributed by atoms with E-state index in [0.717, 1.165) is 10.8 Å². The van der Waals surface area contributed by atoms with E-state index in [1.165, 1.54) is 0 Å². The van der Waals surface area contributed by atoms with Gasteiger partial charge < -0.3 is 5.73 Å². The third-order valence-corrected chi connectivity index (χ3v) is 3.09. The van der Waals surface area contributed by atoms with Crippen LogP contribution in [0, 0.1) is 0 Å². The van der Waals surface area contributed by atoms with Gasteiger partial charge in [0.05, 0.1) is 5.69 Å². The number of fused-ring (bicyclic) bond motifs is 1. The maximum absolute atomic E-state index is 12.5. The fraction of sp³-hybridized carbons (Fsp3) is 0. The van der Waals surface area contributed by atoms with Crippen molar-refractivity contribution in [1.82, 2.24) is 4.98 Å². The van der Waals surface area contributed by atoms with Crippen molar-refractivity contribution in [3.63, 3.8) is 0 Å². The van der Waals surface area contributed by atoms with E-state index in [4.69, 9.17) is 5.73 Å². The SMILES string of the molecule is Nc1cccnc1C(=O)c1cccc2ccccc12. The van der Waals surface area contributed by atoms with E-state index < -0.39 is 0 Å². The average Bonchev–Trinajstić information content (AvgIpc) is 2.46. The van der Waals surface area contributed by atoms with Gasteiger partial charge in [-0.1, -0.05) is 42.5 Å². The minimum absolute atomic E-state index is 0.144. The highest BCUT2D eigenvalue weighted by molar-refractivity contribution is 6.17. The first-order valence-electron chi connectivity index (χ1n) is 6.00. The van der Waals surface area contributed by atoms with Crippen molar-refractivity contribution in [3.05, 3.63) is 72.1 Å². The standard InChI is InChI=1S/C16H12N2O/c17-14-9-4-10-18-15(14)16(19)13-8-3-6-11-5-1-2-7-12(11)13/h1-10H,17H2. The van der Waals surface area contributed by atoms with Crippen molar-refractivity contribution in [3.8, 4) is 0 Å². The number of hydrogen-bond donors (Lipinski definition) is 1. The highest BCUT2D eigenvalue weighted by Crippen LogP contribution is 2.22. The zero-order valence-electron chi connectivity index (χ0n) is 10.2. The summed E-state index contributed by atoms with van der Waals surface area (Å²) in [6.45, 7) is 0. The fourth-order valence-electron chi connectivity index (χ4n) is 2.16. The van der Waals surface area contributed by atoms with Gasteiger partial charge in [0, 0.05) is 11.8 Å². The zero-order valence-corrected chi connectivity index (χ0v) is 10.2. The third kappa shape index (κ3) is 1.95. The van der Waals surface area contributed by atoms with Crippen molar-refractivity contribution < 1.29 is 4.79 Å². The Morgan fingerprint density at radius 3 is 2.58 bits per heavy atom. The molecule has 1 aromatic heterocycles. The number of rotatable bonds is 2. The van der Waals surface area contributed by atoms with Crippen LogP contribution in [0.5, 0.6) is 0 Å². The van der Waals surface area contributed by atoms with Crippen molar-refractivity contribution in [1.29, 1.82) is 0 Å². The van der Waals surface area contributed by atoms with Gasteiger partial charge in [-0.2, -0.15) is 0 Å². The lowest BCUT2D eigenvalue weighted by Crippen LogP contribution is -2.08. The molecule has 2 aromatic carbocycles. The van der Waals surface area contributed by atoms with Gasteiger partial charge in [0.1, 0.15) is 5.69 Å². The molecule has 0 amide bonds. The summed E-state index contributed by atoms with van der Waals surface area (Å²) in [7, 11) is 0. The van der Waals surface area contributed by atoms with Gasteiger partial charge >= 0.3 is 0 Å². The molecule has 3 rings (SSSR count). The van der Waals surface area contributed by atoms with Gasteiger partial charge in [-0.05, 0) is 22.9 Å². The number of benzene rings is 2. The first-order chi connectivity index (χ1) is 9.27. The van der Waals surface area contributed by atoms with E-state index in [0.29, 0.717) is 16.9 Å². The first-order valence-corrected chi connectivity index (χ1v) is 6.00. The molecule has 0 aliphatic rings. The molecule has 0 radical (unpaired) electrons. The van der Waals surface area contributed by atoms with E-state index in [2.05, 4.69) is 4.98 Å². The molecule has 0 bridgehead atoms. The molecule has 0 saturated carbocycles. The number of hydrogen-bond acceptors (Lipinski definition) is 3. The van der Waals surface area contributed by atoms with Gasteiger partial charge in [-0.3, -0.25) is 9.78 Å². The van der Waals surface area contributed by atoms with Crippen molar-refractivity contribution in [2.75, 3.05) is 5.73 Å². The van der Waals surface area contributed by atoms with Crippen molar-refractivity contribution in [2.45, 2.75) is 0 Å². The number of carbonyl (C=O) groups is 1. The summed E-state index contributed by atoms with van der Waals surface area (Å²) in [5.41, 5.74) is 7.16. The van der Waals surface area contributed by atoms with Gasteiger partial charge in [0.15, 0.2) is 0 Å². The van der Waals surface area contributed by atoms with Gasteiger partial charge in [0.25, 0.3) is 0 Å². The topological polar surface area (TPSA) is 56.0 Å². The number of nitrogen functional groups attached to an aromatic ring is 1. The van der Waals surface area contributed by atoms with E-state index in [1.54, 1.807) is 24.4 Å². The summed E-state index contributed by atoms with van der Waals surface area (Å²) in [4.78, 5) is 16.6. The Bertz CT molecular complexity index is 760. The maximum atomic E-state index is 12.5. The lowest BCUT2D eigenvalue weighted by molar-refractivity contribution is 0.103. The van der Waals surface area contributed by atoms with Gasteiger partial charge in [-0.25, -0.2) is 0 Å². The quantitative estimate of drug-likeness (QED) is 0.709. The Hall–Kier alpha value is -2.68. The number of nitrogens with two attached hydrogens (primary N) is 1. The van der Waals surface area contributed by atoms with Crippen LogP contribution in [0.15, 0.2) is 60.8 Å². The van der Waals surface area contributed by atoms with Crippen LogP contribution in [0.3, 0.4) is 0 Å². The fourth-order valence-corrected chi connectivity index (χ4v) is 2.16. The lowest BCUT2D eigenvalue weighted by Gasteiger charge is -2.06. The number of anilines is 1. The third-order valence-electron chi connectivity index (χ3n) is 3.09. The van der Waals surface area contributed by atoms with Crippen LogP contribution >= 0.6 is 0 Å². The van der Waals surface area contributed by atoms with Gasteiger partial charge in [-0.15, -0.1) is 0 Å². The smallest absolute Gasteiger partial charge is 0.214 e. The summed E-state index contributed by atoms with van der Waals surface area (Å²) >= 11 is 0. The number of aromatic nitrogens is 1. The minimum Gasteiger partial charge on any atom is -0.397 e. The second kappa shape index (κ2) is 4.53. The van der Waals surface area contributed by atoms with Crippen LogP contribution in [0.2, 0.25) is 0 Å². The molecule has 3 heteroatoms. The molecule has 0 saturated heterocycles. The van der Waals surface area contributed by atoms with Crippen LogP contribution in [0.4, 0.5) is 5.69 Å². The molecule has 2 N–H and O–H groups in total. The molecule has 0 spiro atoms. The van der Waals surface area contributed by atoms with Crippen LogP contribution < -0.4 is 5.73 Å². The van der Waals surface area contributed by atoms with Crippen molar-refractivity contribution in [2.24, 2.45) is 0 Å². The monoisotopic (exact) mass is 248 g/mol. The predicted octanol–water partition coefficient (Wildman–Crippen LogP) is 3.05. The van der Waals surface area contributed by atoms with E-state index in [9.17, 15) is 4.79 Å². The molecule has 0 atom stereocenters.